The number of carbonyl (C=O) groups is 1. The lowest BCUT2D eigenvalue weighted by Crippen LogP contribution is -2.24. The second-order valence-electron chi connectivity index (χ2n) is 5.77. The minimum atomic E-state index is -0.0486. The molecule has 0 spiro atoms. The molecule has 1 aromatic carbocycles. The average Bonchev–Trinajstić information content (AvgIpc) is 2.56. The van der Waals surface area contributed by atoms with Crippen molar-refractivity contribution in [1.29, 1.82) is 0 Å². The molecule has 0 unspecified atom stereocenters. The van der Waals surface area contributed by atoms with Gasteiger partial charge in [-0.25, -0.2) is 4.98 Å². The Labute approximate surface area is 138 Å². The van der Waals surface area contributed by atoms with E-state index >= 15 is 0 Å². The number of benzene rings is 1. The second kappa shape index (κ2) is 8.32. The van der Waals surface area contributed by atoms with Gasteiger partial charge in [0.1, 0.15) is 5.82 Å². The number of aromatic nitrogens is 1. The molecule has 0 saturated carbocycles. The number of nitrogens with zero attached hydrogens (tertiary/aromatic N) is 1. The van der Waals surface area contributed by atoms with E-state index in [1.807, 2.05) is 12.1 Å². The summed E-state index contributed by atoms with van der Waals surface area (Å²) in [4.78, 5) is 16.5. The topological polar surface area (TPSA) is 54.0 Å². The van der Waals surface area contributed by atoms with E-state index in [0.717, 1.165) is 31.5 Å². The average molecular weight is 311 g/mol. The van der Waals surface area contributed by atoms with Crippen LogP contribution >= 0.6 is 0 Å². The first-order chi connectivity index (χ1) is 11.1. The third-order valence-corrected chi connectivity index (χ3v) is 3.96. The van der Waals surface area contributed by atoms with Gasteiger partial charge in [-0.2, -0.15) is 0 Å². The fourth-order valence-electron chi connectivity index (χ4n) is 2.34. The maximum atomic E-state index is 12.2. The lowest BCUT2D eigenvalue weighted by molar-refractivity contribution is 0.0953. The molecular weight excluding hydrogens is 286 g/mol. The number of hydrogen-bond donors (Lipinski definition) is 2. The van der Waals surface area contributed by atoms with Crippen molar-refractivity contribution in [3.63, 3.8) is 0 Å². The Hall–Kier alpha value is -2.36. The van der Waals surface area contributed by atoms with Crippen LogP contribution in [0, 0.1) is 13.8 Å². The molecular formula is C19H25N3O. The van der Waals surface area contributed by atoms with Crippen molar-refractivity contribution in [1.82, 2.24) is 10.3 Å². The molecule has 0 radical (unpaired) electrons. The maximum Gasteiger partial charge on any atom is 0.251 e. The quantitative estimate of drug-likeness (QED) is 0.747. The number of hydrogen-bond acceptors (Lipinski definition) is 3. The van der Waals surface area contributed by atoms with Gasteiger partial charge in [0.25, 0.3) is 5.91 Å². The first-order valence-electron chi connectivity index (χ1n) is 8.19. The predicted molar refractivity (Wildman–Crippen MR) is 95.3 cm³/mol. The van der Waals surface area contributed by atoms with E-state index in [1.54, 1.807) is 18.3 Å². The summed E-state index contributed by atoms with van der Waals surface area (Å²) in [5, 5.41) is 6.24. The molecule has 1 amide bonds. The molecule has 0 saturated heterocycles. The molecule has 0 bridgehead atoms. The van der Waals surface area contributed by atoms with Crippen LogP contribution in [0.3, 0.4) is 0 Å². The van der Waals surface area contributed by atoms with E-state index in [4.69, 9.17) is 0 Å². The van der Waals surface area contributed by atoms with Crippen molar-refractivity contribution in [2.24, 2.45) is 0 Å². The summed E-state index contributed by atoms with van der Waals surface area (Å²) in [7, 11) is 0. The van der Waals surface area contributed by atoms with E-state index in [0.29, 0.717) is 11.4 Å². The lowest BCUT2D eigenvalue weighted by atomic mass is 10.1. The zero-order valence-electron chi connectivity index (χ0n) is 14.1. The minimum Gasteiger partial charge on any atom is -0.352 e. The summed E-state index contributed by atoms with van der Waals surface area (Å²) < 4.78 is 0. The number of anilines is 2. The number of amides is 1. The highest BCUT2D eigenvalue weighted by atomic mass is 16.1. The maximum absolute atomic E-state index is 12.2. The predicted octanol–water partition coefficient (Wildman–Crippen LogP) is 4.36. The molecule has 1 aromatic heterocycles. The standard InChI is InChI=1S/C19H25N3O/c1-4-5-6-11-21-19(23)16-10-12-20-18(13-16)22-17-9-7-8-14(2)15(17)3/h7-10,12-13H,4-6,11H2,1-3H3,(H,20,22)(H,21,23). The van der Waals surface area contributed by atoms with Gasteiger partial charge >= 0.3 is 0 Å². The third-order valence-electron chi connectivity index (χ3n) is 3.96. The Kier molecular flexibility index (Phi) is 6.15. The van der Waals surface area contributed by atoms with Crippen LogP contribution in [0.4, 0.5) is 11.5 Å². The normalized spacial score (nSPS) is 10.4. The Balaban J connectivity index is 2.04. The van der Waals surface area contributed by atoms with E-state index < -0.39 is 0 Å². The summed E-state index contributed by atoms with van der Waals surface area (Å²) in [6.07, 6.45) is 4.96. The van der Waals surface area contributed by atoms with Crippen molar-refractivity contribution in [2.45, 2.75) is 40.0 Å². The highest BCUT2D eigenvalue weighted by Gasteiger charge is 2.07. The minimum absolute atomic E-state index is 0.0486. The number of aryl methyl sites for hydroxylation is 1. The van der Waals surface area contributed by atoms with Crippen molar-refractivity contribution < 1.29 is 4.79 Å². The van der Waals surface area contributed by atoms with Gasteiger partial charge in [0.15, 0.2) is 0 Å². The Morgan fingerprint density at radius 2 is 2.00 bits per heavy atom. The number of carbonyl (C=O) groups excluding carboxylic acids is 1. The highest BCUT2D eigenvalue weighted by molar-refractivity contribution is 5.94. The number of rotatable bonds is 7. The molecule has 0 fully saturated rings. The first-order valence-corrected chi connectivity index (χ1v) is 8.19. The van der Waals surface area contributed by atoms with Gasteiger partial charge in [-0.3, -0.25) is 4.79 Å². The summed E-state index contributed by atoms with van der Waals surface area (Å²) in [6, 6.07) is 9.63. The molecule has 122 valence electrons. The van der Waals surface area contributed by atoms with Gasteiger partial charge in [0.05, 0.1) is 0 Å². The molecule has 23 heavy (non-hydrogen) atoms. The van der Waals surface area contributed by atoms with Crippen LogP contribution < -0.4 is 10.6 Å². The smallest absolute Gasteiger partial charge is 0.251 e. The third kappa shape index (κ3) is 4.81. The summed E-state index contributed by atoms with van der Waals surface area (Å²) >= 11 is 0. The van der Waals surface area contributed by atoms with Crippen molar-refractivity contribution >= 4 is 17.4 Å². The molecule has 1 heterocycles. The van der Waals surface area contributed by atoms with E-state index in [9.17, 15) is 4.79 Å². The fourth-order valence-corrected chi connectivity index (χ4v) is 2.34. The lowest BCUT2D eigenvalue weighted by Gasteiger charge is -2.11. The van der Waals surface area contributed by atoms with Gasteiger partial charge in [-0.05, 0) is 49.6 Å². The van der Waals surface area contributed by atoms with Crippen LogP contribution in [-0.4, -0.2) is 17.4 Å². The summed E-state index contributed by atoms with van der Waals surface area (Å²) in [5.74, 6) is 0.632. The van der Waals surface area contributed by atoms with Crippen molar-refractivity contribution in [2.75, 3.05) is 11.9 Å². The molecule has 0 aliphatic carbocycles. The molecule has 2 rings (SSSR count). The highest BCUT2D eigenvalue weighted by Crippen LogP contribution is 2.22. The SMILES string of the molecule is CCCCCNC(=O)c1ccnc(Nc2cccc(C)c2C)c1. The van der Waals surface area contributed by atoms with Crippen LogP contribution in [0.5, 0.6) is 0 Å². The molecule has 2 aromatic rings. The van der Waals surface area contributed by atoms with Crippen LogP contribution in [-0.2, 0) is 0 Å². The van der Waals surface area contributed by atoms with Gasteiger partial charge < -0.3 is 10.6 Å². The van der Waals surface area contributed by atoms with Crippen molar-refractivity contribution in [3.8, 4) is 0 Å². The summed E-state index contributed by atoms with van der Waals surface area (Å²) in [5.41, 5.74) is 4.05. The van der Waals surface area contributed by atoms with Crippen molar-refractivity contribution in [3.05, 3.63) is 53.2 Å². The van der Waals surface area contributed by atoms with Crippen LogP contribution in [0.1, 0.15) is 47.7 Å². The van der Waals surface area contributed by atoms with Gasteiger partial charge in [-0.1, -0.05) is 31.9 Å². The molecule has 2 N–H and O–H groups in total. The monoisotopic (exact) mass is 311 g/mol. The van der Waals surface area contributed by atoms with Crippen LogP contribution in [0.15, 0.2) is 36.5 Å². The van der Waals surface area contributed by atoms with Gasteiger partial charge in [-0.15, -0.1) is 0 Å². The van der Waals surface area contributed by atoms with Crippen LogP contribution in [0.2, 0.25) is 0 Å². The molecule has 4 nitrogen and oxygen atoms in total. The first kappa shape index (κ1) is 17.0. The van der Waals surface area contributed by atoms with E-state index in [-0.39, 0.29) is 5.91 Å². The zero-order chi connectivity index (χ0) is 16.7. The summed E-state index contributed by atoms with van der Waals surface area (Å²) in [6.45, 7) is 7.01. The Morgan fingerprint density at radius 3 is 2.78 bits per heavy atom. The molecule has 0 atom stereocenters. The van der Waals surface area contributed by atoms with E-state index in [1.165, 1.54) is 11.1 Å². The molecule has 0 aliphatic heterocycles. The Bertz CT molecular complexity index is 667. The van der Waals surface area contributed by atoms with Crippen LogP contribution in [0.25, 0.3) is 0 Å². The zero-order valence-corrected chi connectivity index (χ0v) is 14.1. The second-order valence-corrected chi connectivity index (χ2v) is 5.77. The molecule has 4 heteroatoms. The largest absolute Gasteiger partial charge is 0.352 e. The number of pyridine rings is 1. The van der Waals surface area contributed by atoms with Gasteiger partial charge in [0.2, 0.25) is 0 Å². The number of unbranched alkanes of at least 4 members (excludes halogenated alkanes) is 2. The van der Waals surface area contributed by atoms with Gasteiger partial charge in [0, 0.05) is 24.0 Å². The Morgan fingerprint density at radius 1 is 1.17 bits per heavy atom. The molecule has 0 aliphatic rings. The fraction of sp³-hybridized carbons (Fsp3) is 0.368. The van der Waals surface area contributed by atoms with E-state index in [2.05, 4.69) is 42.5 Å². The number of nitrogens with one attached hydrogen (secondary N) is 2.